The molecule has 1 aromatic carbocycles. The number of rotatable bonds is 2. The summed E-state index contributed by atoms with van der Waals surface area (Å²) in [5.41, 5.74) is 1.85. The molecule has 1 amide bonds. The van der Waals surface area contributed by atoms with Crippen LogP contribution in [0.1, 0.15) is 12.5 Å². The zero-order valence-electron chi connectivity index (χ0n) is 8.86. The maximum atomic E-state index is 11.4. The van der Waals surface area contributed by atoms with Gasteiger partial charge in [0.2, 0.25) is 0 Å². The Morgan fingerprint density at radius 3 is 2.50 bits per heavy atom. The van der Waals surface area contributed by atoms with Crippen LogP contribution in [0.2, 0.25) is 0 Å². The highest BCUT2D eigenvalue weighted by molar-refractivity contribution is 6.21. The molecule has 0 aliphatic carbocycles. The predicted molar refractivity (Wildman–Crippen MR) is 61.3 cm³/mol. The predicted octanol–water partition coefficient (Wildman–Crippen LogP) is 1.67. The third-order valence-corrected chi connectivity index (χ3v) is 2.30. The van der Waals surface area contributed by atoms with Crippen molar-refractivity contribution in [1.82, 2.24) is 5.32 Å². The summed E-state index contributed by atoms with van der Waals surface area (Å²) in [6, 6.07) is 9.61. The second-order valence-electron chi connectivity index (χ2n) is 3.58. The fraction of sp³-hybridized carbons (Fsp3) is 0.0769. The van der Waals surface area contributed by atoms with Gasteiger partial charge in [0.05, 0.1) is 5.57 Å². The Kier molecular flexibility index (Phi) is 2.68. The van der Waals surface area contributed by atoms with Gasteiger partial charge in [0.25, 0.3) is 5.91 Å². The van der Waals surface area contributed by atoms with Gasteiger partial charge in [-0.25, -0.2) is 0 Å². The minimum atomic E-state index is -0.324. The Labute approximate surface area is 93.5 Å². The van der Waals surface area contributed by atoms with E-state index in [1.807, 2.05) is 36.4 Å². The van der Waals surface area contributed by atoms with Crippen LogP contribution in [0.3, 0.4) is 0 Å². The van der Waals surface area contributed by atoms with E-state index in [1.54, 1.807) is 6.08 Å². The van der Waals surface area contributed by atoms with Crippen LogP contribution < -0.4 is 5.32 Å². The maximum Gasteiger partial charge on any atom is 0.259 e. The van der Waals surface area contributed by atoms with Crippen molar-refractivity contribution in [3.8, 4) is 0 Å². The topological polar surface area (TPSA) is 46.2 Å². The Bertz CT molecular complexity index is 498. The molecule has 0 aromatic heterocycles. The van der Waals surface area contributed by atoms with Crippen molar-refractivity contribution in [2.75, 3.05) is 0 Å². The Balaban J connectivity index is 2.29. The van der Waals surface area contributed by atoms with Crippen molar-refractivity contribution >= 4 is 17.8 Å². The fourth-order valence-electron chi connectivity index (χ4n) is 1.52. The number of Topliss-reactive ketones (excluding diaryl/α,β-unsaturated/α-hetero) is 1. The molecule has 0 saturated heterocycles. The fourth-order valence-corrected chi connectivity index (χ4v) is 1.52. The molecule has 3 heteroatoms. The summed E-state index contributed by atoms with van der Waals surface area (Å²) in [5.74, 6) is -0.538. The highest BCUT2D eigenvalue weighted by Crippen LogP contribution is 2.14. The number of amides is 1. The molecule has 1 N–H and O–H groups in total. The number of ketones is 1. The van der Waals surface area contributed by atoms with Crippen molar-refractivity contribution < 1.29 is 9.59 Å². The number of carbonyl (C=O) groups is 2. The Morgan fingerprint density at radius 2 is 1.94 bits per heavy atom. The zero-order chi connectivity index (χ0) is 11.5. The monoisotopic (exact) mass is 213 g/mol. The van der Waals surface area contributed by atoms with Gasteiger partial charge in [-0.2, -0.15) is 0 Å². The lowest BCUT2D eigenvalue weighted by atomic mass is 10.1. The van der Waals surface area contributed by atoms with Crippen LogP contribution in [0, 0.1) is 0 Å². The lowest BCUT2D eigenvalue weighted by molar-refractivity contribution is -0.120. The number of hydrogen-bond donors (Lipinski definition) is 1. The molecule has 0 bridgehead atoms. The molecule has 0 saturated carbocycles. The first kappa shape index (κ1) is 10.4. The molecule has 0 unspecified atom stereocenters. The van der Waals surface area contributed by atoms with Crippen LogP contribution >= 0.6 is 0 Å². The van der Waals surface area contributed by atoms with Gasteiger partial charge in [0, 0.05) is 5.70 Å². The summed E-state index contributed by atoms with van der Waals surface area (Å²) in [7, 11) is 0. The van der Waals surface area contributed by atoms with E-state index in [0.29, 0.717) is 5.70 Å². The summed E-state index contributed by atoms with van der Waals surface area (Å²) in [6.07, 6.45) is 3.41. The largest absolute Gasteiger partial charge is 0.322 e. The van der Waals surface area contributed by atoms with E-state index in [-0.39, 0.29) is 17.3 Å². The van der Waals surface area contributed by atoms with E-state index >= 15 is 0 Å². The SMILES string of the molecule is CC(=O)C1=C/C(=C/c2ccccc2)NC1=O. The molecule has 0 spiro atoms. The molecule has 1 aliphatic heterocycles. The molecule has 3 nitrogen and oxygen atoms in total. The molecule has 80 valence electrons. The van der Waals surface area contributed by atoms with Crippen molar-refractivity contribution in [3.05, 3.63) is 53.2 Å². The molecule has 2 rings (SSSR count). The summed E-state index contributed by atoms with van der Waals surface area (Å²) in [6.45, 7) is 1.39. The number of benzene rings is 1. The average molecular weight is 213 g/mol. The molecule has 0 radical (unpaired) electrons. The average Bonchev–Trinajstić information content (AvgIpc) is 2.61. The highest BCUT2D eigenvalue weighted by Gasteiger charge is 2.21. The van der Waals surface area contributed by atoms with Crippen molar-refractivity contribution in [3.63, 3.8) is 0 Å². The minimum absolute atomic E-state index is 0.210. The Morgan fingerprint density at radius 1 is 1.25 bits per heavy atom. The Hall–Kier alpha value is -2.16. The zero-order valence-corrected chi connectivity index (χ0v) is 8.86. The first-order valence-corrected chi connectivity index (χ1v) is 4.97. The lowest BCUT2D eigenvalue weighted by Crippen LogP contribution is -2.18. The second kappa shape index (κ2) is 4.14. The molecule has 16 heavy (non-hydrogen) atoms. The van der Waals surface area contributed by atoms with Crippen LogP contribution in [-0.4, -0.2) is 11.7 Å². The normalized spacial score (nSPS) is 17.2. The molecule has 0 atom stereocenters. The maximum absolute atomic E-state index is 11.4. The molecule has 1 heterocycles. The van der Waals surface area contributed by atoms with Gasteiger partial charge in [-0.05, 0) is 24.6 Å². The standard InChI is InChI=1S/C13H11NO2/c1-9(15)12-8-11(14-13(12)16)7-10-5-3-2-4-6-10/h2-8H,1H3,(H,14,16)/b11-7-. The number of allylic oxidation sites excluding steroid dienone is 1. The molecular formula is C13H11NO2. The third-order valence-electron chi connectivity index (χ3n) is 2.30. The van der Waals surface area contributed by atoms with Crippen LogP contribution in [0.15, 0.2) is 47.7 Å². The van der Waals surface area contributed by atoms with Crippen LogP contribution in [0.25, 0.3) is 6.08 Å². The van der Waals surface area contributed by atoms with E-state index in [4.69, 9.17) is 0 Å². The number of nitrogens with one attached hydrogen (secondary N) is 1. The van der Waals surface area contributed by atoms with Gasteiger partial charge < -0.3 is 5.32 Å². The van der Waals surface area contributed by atoms with Gasteiger partial charge >= 0.3 is 0 Å². The van der Waals surface area contributed by atoms with Gasteiger partial charge in [-0.3, -0.25) is 9.59 Å². The third kappa shape index (κ3) is 2.08. The first-order valence-electron chi connectivity index (χ1n) is 4.97. The molecule has 1 aliphatic rings. The van der Waals surface area contributed by atoms with E-state index in [2.05, 4.69) is 5.32 Å². The van der Waals surface area contributed by atoms with Crippen molar-refractivity contribution in [2.45, 2.75) is 6.92 Å². The van der Waals surface area contributed by atoms with Gasteiger partial charge in [0.15, 0.2) is 5.78 Å². The van der Waals surface area contributed by atoms with Gasteiger partial charge in [0.1, 0.15) is 0 Å². The molecular weight excluding hydrogens is 202 g/mol. The summed E-state index contributed by atoms with van der Waals surface area (Å²) in [4.78, 5) is 22.5. The first-order chi connectivity index (χ1) is 7.66. The van der Waals surface area contributed by atoms with E-state index < -0.39 is 0 Å². The minimum Gasteiger partial charge on any atom is -0.322 e. The van der Waals surface area contributed by atoms with Crippen molar-refractivity contribution in [1.29, 1.82) is 0 Å². The lowest BCUT2D eigenvalue weighted by Gasteiger charge is -1.96. The van der Waals surface area contributed by atoms with E-state index in [9.17, 15) is 9.59 Å². The van der Waals surface area contributed by atoms with Crippen LogP contribution in [0.5, 0.6) is 0 Å². The smallest absolute Gasteiger partial charge is 0.259 e. The number of hydrogen-bond acceptors (Lipinski definition) is 2. The highest BCUT2D eigenvalue weighted by atomic mass is 16.2. The summed E-state index contributed by atoms with van der Waals surface area (Å²) < 4.78 is 0. The summed E-state index contributed by atoms with van der Waals surface area (Å²) in [5, 5.41) is 2.64. The molecule has 1 aromatic rings. The van der Waals surface area contributed by atoms with Crippen LogP contribution in [-0.2, 0) is 9.59 Å². The van der Waals surface area contributed by atoms with Gasteiger partial charge in [-0.1, -0.05) is 30.3 Å². The number of carbonyl (C=O) groups excluding carboxylic acids is 2. The quantitative estimate of drug-likeness (QED) is 0.759. The summed E-state index contributed by atoms with van der Waals surface area (Å²) >= 11 is 0. The van der Waals surface area contributed by atoms with Crippen LogP contribution in [0.4, 0.5) is 0 Å². The van der Waals surface area contributed by atoms with Crippen molar-refractivity contribution in [2.24, 2.45) is 0 Å². The van der Waals surface area contributed by atoms with Gasteiger partial charge in [-0.15, -0.1) is 0 Å². The molecule has 0 fully saturated rings. The van der Waals surface area contributed by atoms with E-state index in [0.717, 1.165) is 5.56 Å². The second-order valence-corrected chi connectivity index (χ2v) is 3.58. The van der Waals surface area contributed by atoms with E-state index in [1.165, 1.54) is 6.92 Å².